The predicted molar refractivity (Wildman–Crippen MR) is 84.8 cm³/mol. The van der Waals surface area contributed by atoms with Crippen LogP contribution in [0.1, 0.15) is 5.89 Å². The van der Waals surface area contributed by atoms with Crippen LogP contribution < -0.4 is 9.47 Å². The third-order valence-electron chi connectivity index (χ3n) is 2.99. The van der Waals surface area contributed by atoms with Gasteiger partial charge in [-0.05, 0) is 36.4 Å². The van der Waals surface area contributed by atoms with Crippen LogP contribution in [0.4, 0.5) is 0 Å². The van der Waals surface area contributed by atoms with Gasteiger partial charge in [-0.2, -0.15) is 4.98 Å². The van der Waals surface area contributed by atoms with Crippen LogP contribution in [0.3, 0.4) is 0 Å². The van der Waals surface area contributed by atoms with Crippen LogP contribution in [0.25, 0.3) is 11.4 Å². The van der Waals surface area contributed by atoms with E-state index in [9.17, 15) is 0 Å². The van der Waals surface area contributed by atoms with Crippen LogP contribution in [-0.2, 0) is 6.61 Å². The molecule has 0 fully saturated rings. The summed E-state index contributed by atoms with van der Waals surface area (Å²) in [6.45, 7) is 0.212. The quantitative estimate of drug-likeness (QED) is 0.685. The number of halogens is 1. The Labute approximate surface area is 136 Å². The number of benzene rings is 2. The largest absolute Gasteiger partial charge is 0.496 e. The number of rotatable bonds is 5. The van der Waals surface area contributed by atoms with Crippen molar-refractivity contribution in [3.8, 4) is 22.9 Å². The lowest BCUT2D eigenvalue weighted by molar-refractivity contribution is 0.243. The van der Waals surface area contributed by atoms with Gasteiger partial charge in [0, 0.05) is 4.47 Å². The van der Waals surface area contributed by atoms with E-state index in [0.29, 0.717) is 17.5 Å². The van der Waals surface area contributed by atoms with Crippen molar-refractivity contribution in [3.05, 3.63) is 58.9 Å². The minimum absolute atomic E-state index is 0.212. The van der Waals surface area contributed by atoms with Crippen molar-refractivity contribution < 1.29 is 14.0 Å². The molecule has 6 heteroatoms. The van der Waals surface area contributed by atoms with E-state index in [1.54, 1.807) is 7.11 Å². The first kappa shape index (κ1) is 14.6. The fourth-order valence-corrected chi connectivity index (χ4v) is 2.19. The number of nitrogens with zero attached hydrogens (tertiary/aromatic N) is 2. The van der Waals surface area contributed by atoms with Gasteiger partial charge < -0.3 is 14.0 Å². The Hall–Kier alpha value is -2.34. The molecule has 0 amide bonds. The summed E-state index contributed by atoms with van der Waals surface area (Å²) < 4.78 is 17.1. The molecule has 3 rings (SSSR count). The highest BCUT2D eigenvalue weighted by Crippen LogP contribution is 2.27. The average molecular weight is 361 g/mol. The van der Waals surface area contributed by atoms with Gasteiger partial charge in [-0.3, -0.25) is 0 Å². The zero-order chi connectivity index (χ0) is 15.4. The van der Waals surface area contributed by atoms with E-state index in [0.717, 1.165) is 15.8 Å². The molecule has 0 N–H and O–H groups in total. The molecule has 0 saturated heterocycles. The topological polar surface area (TPSA) is 57.4 Å². The number of ether oxygens (including phenoxy) is 2. The summed E-state index contributed by atoms with van der Waals surface area (Å²) in [5, 5.41) is 3.97. The van der Waals surface area contributed by atoms with Gasteiger partial charge in [0.05, 0.1) is 12.7 Å². The first-order chi connectivity index (χ1) is 10.8. The summed E-state index contributed by atoms with van der Waals surface area (Å²) >= 11 is 3.38. The standard InChI is InChI=1S/C16H13BrN2O3/c1-20-14-5-3-2-4-13(14)16-18-15(22-19-16)10-21-12-8-6-11(17)7-9-12/h2-9H,10H2,1H3. The Morgan fingerprint density at radius 1 is 1.09 bits per heavy atom. The Balaban J connectivity index is 1.72. The fourth-order valence-electron chi connectivity index (χ4n) is 1.93. The molecule has 5 nitrogen and oxygen atoms in total. The van der Waals surface area contributed by atoms with Crippen LogP contribution in [0.2, 0.25) is 0 Å². The summed E-state index contributed by atoms with van der Waals surface area (Å²) in [4.78, 5) is 4.33. The van der Waals surface area contributed by atoms with Crippen LogP contribution in [-0.4, -0.2) is 17.3 Å². The van der Waals surface area contributed by atoms with Gasteiger partial charge in [-0.15, -0.1) is 0 Å². The van der Waals surface area contributed by atoms with Gasteiger partial charge >= 0.3 is 0 Å². The monoisotopic (exact) mass is 360 g/mol. The lowest BCUT2D eigenvalue weighted by Crippen LogP contribution is -1.95. The maximum atomic E-state index is 5.60. The molecule has 0 unspecified atom stereocenters. The Kier molecular flexibility index (Phi) is 4.39. The van der Waals surface area contributed by atoms with Gasteiger partial charge in [0.1, 0.15) is 11.5 Å². The maximum Gasteiger partial charge on any atom is 0.264 e. The first-order valence-electron chi connectivity index (χ1n) is 6.60. The fraction of sp³-hybridized carbons (Fsp3) is 0.125. The van der Waals surface area contributed by atoms with E-state index in [-0.39, 0.29) is 6.61 Å². The highest BCUT2D eigenvalue weighted by molar-refractivity contribution is 9.10. The van der Waals surface area contributed by atoms with Crippen molar-refractivity contribution in [3.63, 3.8) is 0 Å². The van der Waals surface area contributed by atoms with Crippen LogP contribution in [0, 0.1) is 0 Å². The molecular formula is C16H13BrN2O3. The highest BCUT2D eigenvalue weighted by atomic mass is 79.9. The summed E-state index contributed by atoms with van der Waals surface area (Å²) in [5.41, 5.74) is 0.781. The Morgan fingerprint density at radius 3 is 2.64 bits per heavy atom. The number of hydrogen-bond acceptors (Lipinski definition) is 5. The van der Waals surface area contributed by atoms with E-state index in [1.165, 1.54) is 0 Å². The maximum absolute atomic E-state index is 5.60. The van der Waals surface area contributed by atoms with Gasteiger partial charge in [-0.1, -0.05) is 33.2 Å². The molecule has 3 aromatic rings. The minimum atomic E-state index is 0.212. The van der Waals surface area contributed by atoms with Crippen molar-refractivity contribution in [2.75, 3.05) is 7.11 Å². The lowest BCUT2D eigenvalue weighted by atomic mass is 10.2. The molecule has 0 atom stereocenters. The van der Waals surface area contributed by atoms with E-state index >= 15 is 0 Å². The Morgan fingerprint density at radius 2 is 1.86 bits per heavy atom. The number of aromatic nitrogens is 2. The summed E-state index contributed by atoms with van der Waals surface area (Å²) in [6.07, 6.45) is 0. The molecule has 0 radical (unpaired) electrons. The minimum Gasteiger partial charge on any atom is -0.496 e. The van der Waals surface area contributed by atoms with Crippen molar-refractivity contribution in [1.29, 1.82) is 0 Å². The molecule has 112 valence electrons. The Bertz CT molecular complexity index is 756. The predicted octanol–water partition coefficient (Wildman–Crippen LogP) is 4.09. The van der Waals surface area contributed by atoms with Gasteiger partial charge in [0.15, 0.2) is 6.61 Å². The van der Waals surface area contributed by atoms with E-state index < -0.39 is 0 Å². The number of hydrogen-bond donors (Lipinski definition) is 0. The average Bonchev–Trinajstić information content (AvgIpc) is 3.03. The van der Waals surface area contributed by atoms with Gasteiger partial charge in [0.25, 0.3) is 5.89 Å². The van der Waals surface area contributed by atoms with Crippen molar-refractivity contribution in [2.45, 2.75) is 6.61 Å². The molecule has 0 aliphatic carbocycles. The van der Waals surface area contributed by atoms with Gasteiger partial charge in [-0.25, -0.2) is 0 Å². The SMILES string of the molecule is COc1ccccc1-c1noc(COc2ccc(Br)cc2)n1. The highest BCUT2D eigenvalue weighted by Gasteiger charge is 2.13. The van der Waals surface area contributed by atoms with E-state index in [1.807, 2.05) is 48.5 Å². The number of methoxy groups -OCH3 is 1. The van der Waals surface area contributed by atoms with E-state index in [4.69, 9.17) is 14.0 Å². The second-order valence-corrected chi connectivity index (χ2v) is 5.37. The van der Waals surface area contributed by atoms with Crippen molar-refractivity contribution in [1.82, 2.24) is 10.1 Å². The second-order valence-electron chi connectivity index (χ2n) is 4.45. The molecule has 1 aromatic heterocycles. The third kappa shape index (κ3) is 3.28. The normalized spacial score (nSPS) is 10.5. The molecule has 2 aromatic carbocycles. The van der Waals surface area contributed by atoms with Crippen LogP contribution in [0.5, 0.6) is 11.5 Å². The third-order valence-corrected chi connectivity index (χ3v) is 3.52. The smallest absolute Gasteiger partial charge is 0.264 e. The van der Waals surface area contributed by atoms with Gasteiger partial charge in [0.2, 0.25) is 5.82 Å². The molecule has 1 heterocycles. The summed E-state index contributed by atoms with van der Waals surface area (Å²) in [6, 6.07) is 15.1. The zero-order valence-corrected chi connectivity index (χ0v) is 13.4. The van der Waals surface area contributed by atoms with Crippen molar-refractivity contribution in [2.24, 2.45) is 0 Å². The van der Waals surface area contributed by atoms with Crippen LogP contribution >= 0.6 is 15.9 Å². The number of para-hydroxylation sites is 1. The molecule has 0 bridgehead atoms. The second kappa shape index (κ2) is 6.62. The molecule has 0 aliphatic heterocycles. The molecule has 22 heavy (non-hydrogen) atoms. The zero-order valence-electron chi connectivity index (χ0n) is 11.8. The van der Waals surface area contributed by atoms with E-state index in [2.05, 4.69) is 26.1 Å². The lowest BCUT2D eigenvalue weighted by Gasteiger charge is -2.03. The van der Waals surface area contributed by atoms with Crippen molar-refractivity contribution >= 4 is 15.9 Å². The molecule has 0 aliphatic rings. The first-order valence-corrected chi connectivity index (χ1v) is 7.40. The molecule has 0 saturated carbocycles. The summed E-state index contributed by atoms with van der Waals surface area (Å²) in [7, 11) is 1.61. The molecular weight excluding hydrogens is 348 g/mol. The summed E-state index contributed by atoms with van der Waals surface area (Å²) in [5.74, 6) is 2.32. The van der Waals surface area contributed by atoms with Crippen LogP contribution in [0.15, 0.2) is 57.5 Å². The molecule has 0 spiro atoms.